The van der Waals surface area contributed by atoms with Gasteiger partial charge in [-0.15, -0.1) is 11.3 Å². The molecule has 1 aliphatic rings. The van der Waals surface area contributed by atoms with Gasteiger partial charge in [0.2, 0.25) is 0 Å². The SMILES string of the molecule is Cc1sc(C(=O)O)cc1CN1CCc2ccccc2C1=O. The van der Waals surface area contributed by atoms with E-state index in [0.29, 0.717) is 18.0 Å². The average Bonchev–Trinajstić information content (AvgIpc) is 2.84. The third-order valence-corrected chi connectivity index (χ3v) is 4.86. The maximum Gasteiger partial charge on any atom is 0.345 e. The highest BCUT2D eigenvalue weighted by Gasteiger charge is 2.25. The van der Waals surface area contributed by atoms with E-state index in [4.69, 9.17) is 5.11 Å². The van der Waals surface area contributed by atoms with Crippen molar-refractivity contribution in [2.45, 2.75) is 19.9 Å². The largest absolute Gasteiger partial charge is 0.477 e. The fraction of sp³-hybridized carbons (Fsp3) is 0.250. The van der Waals surface area contributed by atoms with Crippen LogP contribution in [-0.2, 0) is 13.0 Å². The normalized spacial score (nSPS) is 14.1. The Morgan fingerprint density at radius 1 is 1.38 bits per heavy atom. The van der Waals surface area contributed by atoms with E-state index in [2.05, 4.69) is 0 Å². The molecule has 3 rings (SSSR count). The molecule has 1 N–H and O–H groups in total. The first-order valence-corrected chi connectivity index (χ1v) is 7.57. The zero-order valence-electron chi connectivity index (χ0n) is 11.6. The number of carbonyl (C=O) groups excluding carboxylic acids is 1. The minimum Gasteiger partial charge on any atom is -0.477 e. The predicted octanol–water partition coefficient (Wildman–Crippen LogP) is 2.95. The van der Waals surface area contributed by atoms with Crippen LogP contribution in [0.3, 0.4) is 0 Å². The number of hydrogen-bond donors (Lipinski definition) is 1. The van der Waals surface area contributed by atoms with Crippen molar-refractivity contribution in [3.63, 3.8) is 0 Å². The van der Waals surface area contributed by atoms with Gasteiger partial charge in [-0.25, -0.2) is 4.79 Å². The molecule has 0 atom stereocenters. The van der Waals surface area contributed by atoms with Crippen LogP contribution in [0.1, 0.15) is 36.0 Å². The zero-order chi connectivity index (χ0) is 15.0. The summed E-state index contributed by atoms with van der Waals surface area (Å²) in [7, 11) is 0. The van der Waals surface area contributed by atoms with Crippen molar-refractivity contribution in [2.24, 2.45) is 0 Å². The van der Waals surface area contributed by atoms with Crippen LogP contribution in [0, 0.1) is 6.92 Å². The van der Waals surface area contributed by atoms with Crippen molar-refractivity contribution >= 4 is 23.2 Å². The van der Waals surface area contributed by atoms with Crippen LogP contribution in [0.4, 0.5) is 0 Å². The van der Waals surface area contributed by atoms with E-state index in [-0.39, 0.29) is 5.91 Å². The van der Waals surface area contributed by atoms with E-state index in [1.807, 2.05) is 31.2 Å². The first kappa shape index (κ1) is 13.8. The third-order valence-electron chi connectivity index (χ3n) is 3.78. The molecule has 0 radical (unpaired) electrons. The highest BCUT2D eigenvalue weighted by molar-refractivity contribution is 7.14. The Balaban J connectivity index is 1.84. The summed E-state index contributed by atoms with van der Waals surface area (Å²) in [5.74, 6) is -0.885. The number of fused-ring (bicyclic) bond motifs is 1. The number of aromatic carboxylic acids is 1. The zero-order valence-corrected chi connectivity index (χ0v) is 12.4. The third kappa shape index (κ3) is 2.56. The van der Waals surface area contributed by atoms with Crippen LogP contribution in [-0.4, -0.2) is 28.4 Å². The van der Waals surface area contributed by atoms with Crippen molar-refractivity contribution < 1.29 is 14.7 Å². The van der Waals surface area contributed by atoms with E-state index >= 15 is 0 Å². The number of carboxylic acids is 1. The number of thiophene rings is 1. The second kappa shape index (κ2) is 5.33. The number of hydrogen-bond acceptors (Lipinski definition) is 3. The molecule has 2 aromatic rings. The molecule has 0 fully saturated rings. The number of nitrogens with zero attached hydrogens (tertiary/aromatic N) is 1. The van der Waals surface area contributed by atoms with Crippen LogP contribution in [0.15, 0.2) is 30.3 Å². The van der Waals surface area contributed by atoms with Crippen LogP contribution >= 0.6 is 11.3 Å². The summed E-state index contributed by atoms with van der Waals surface area (Å²) < 4.78 is 0. The lowest BCUT2D eigenvalue weighted by atomic mass is 9.99. The highest BCUT2D eigenvalue weighted by Crippen LogP contribution is 2.26. The monoisotopic (exact) mass is 301 g/mol. The smallest absolute Gasteiger partial charge is 0.345 e. The molecule has 1 aliphatic heterocycles. The maximum absolute atomic E-state index is 12.5. The maximum atomic E-state index is 12.5. The van der Waals surface area contributed by atoms with Gasteiger partial charge < -0.3 is 10.0 Å². The first-order valence-electron chi connectivity index (χ1n) is 6.76. The molecule has 0 unspecified atom stereocenters. The second-order valence-electron chi connectivity index (χ2n) is 5.13. The number of aryl methyl sites for hydroxylation is 1. The summed E-state index contributed by atoms with van der Waals surface area (Å²) in [5.41, 5.74) is 2.77. The number of benzene rings is 1. The van der Waals surface area contributed by atoms with Gasteiger partial charge in [-0.05, 0) is 36.6 Å². The molecular weight excluding hydrogens is 286 g/mol. The Bertz CT molecular complexity index is 720. The Morgan fingerprint density at radius 3 is 2.86 bits per heavy atom. The summed E-state index contributed by atoms with van der Waals surface area (Å²) in [6, 6.07) is 9.34. The van der Waals surface area contributed by atoms with Crippen molar-refractivity contribution in [1.82, 2.24) is 4.90 Å². The standard InChI is InChI=1S/C16H15NO3S/c1-10-12(8-14(21-10)16(19)20)9-17-7-6-11-4-2-3-5-13(11)15(17)18/h2-5,8H,6-7,9H2,1H3,(H,19,20). The minimum atomic E-state index is -0.912. The van der Waals surface area contributed by atoms with Gasteiger partial charge in [-0.3, -0.25) is 4.79 Å². The van der Waals surface area contributed by atoms with Gasteiger partial charge in [0.15, 0.2) is 0 Å². The second-order valence-corrected chi connectivity index (χ2v) is 6.39. The summed E-state index contributed by atoms with van der Waals surface area (Å²) in [4.78, 5) is 26.6. The molecule has 1 amide bonds. The van der Waals surface area contributed by atoms with Crippen LogP contribution in [0.5, 0.6) is 0 Å². The quantitative estimate of drug-likeness (QED) is 0.948. The van der Waals surface area contributed by atoms with Gasteiger partial charge in [-0.1, -0.05) is 18.2 Å². The molecule has 2 heterocycles. The van der Waals surface area contributed by atoms with Gasteiger partial charge in [0, 0.05) is 23.5 Å². The Morgan fingerprint density at radius 2 is 2.14 bits per heavy atom. The van der Waals surface area contributed by atoms with E-state index in [9.17, 15) is 9.59 Å². The fourth-order valence-electron chi connectivity index (χ4n) is 2.61. The van der Waals surface area contributed by atoms with Crippen molar-refractivity contribution in [3.05, 3.63) is 56.8 Å². The Hall–Kier alpha value is -2.14. The summed E-state index contributed by atoms with van der Waals surface area (Å²) in [6.45, 7) is 3.05. The average molecular weight is 301 g/mol. The van der Waals surface area contributed by atoms with Crippen LogP contribution in [0.2, 0.25) is 0 Å². The lowest BCUT2D eigenvalue weighted by molar-refractivity contribution is 0.0701. The van der Waals surface area contributed by atoms with E-state index < -0.39 is 5.97 Å². The molecule has 0 spiro atoms. The van der Waals surface area contributed by atoms with Gasteiger partial charge in [0.1, 0.15) is 4.88 Å². The minimum absolute atomic E-state index is 0.0272. The molecule has 108 valence electrons. The molecule has 4 nitrogen and oxygen atoms in total. The summed E-state index contributed by atoms with van der Waals surface area (Å²) >= 11 is 1.26. The fourth-order valence-corrected chi connectivity index (χ4v) is 3.49. The van der Waals surface area contributed by atoms with Gasteiger partial charge in [0.25, 0.3) is 5.91 Å². The number of carboxylic acid groups (broad SMARTS) is 1. The molecule has 1 aromatic carbocycles. The van der Waals surface area contributed by atoms with Crippen molar-refractivity contribution in [2.75, 3.05) is 6.54 Å². The van der Waals surface area contributed by atoms with Gasteiger partial charge in [0.05, 0.1) is 0 Å². The first-order chi connectivity index (χ1) is 10.1. The number of amides is 1. The molecule has 21 heavy (non-hydrogen) atoms. The Kier molecular flexibility index (Phi) is 3.51. The lowest BCUT2D eigenvalue weighted by Gasteiger charge is -2.28. The summed E-state index contributed by atoms with van der Waals surface area (Å²) in [6.07, 6.45) is 0.844. The van der Waals surface area contributed by atoms with Gasteiger partial charge in [-0.2, -0.15) is 0 Å². The van der Waals surface area contributed by atoms with E-state index in [0.717, 1.165) is 28.0 Å². The molecular formula is C16H15NO3S. The lowest BCUT2D eigenvalue weighted by Crippen LogP contribution is -2.37. The van der Waals surface area contributed by atoms with Crippen LogP contribution in [0.25, 0.3) is 0 Å². The molecule has 0 saturated heterocycles. The molecule has 0 aliphatic carbocycles. The molecule has 0 bridgehead atoms. The Labute approximate surface area is 126 Å². The van der Waals surface area contributed by atoms with Crippen molar-refractivity contribution in [3.8, 4) is 0 Å². The van der Waals surface area contributed by atoms with Crippen LogP contribution < -0.4 is 0 Å². The van der Waals surface area contributed by atoms with Crippen molar-refractivity contribution in [1.29, 1.82) is 0 Å². The topological polar surface area (TPSA) is 57.6 Å². The molecule has 1 aromatic heterocycles. The van der Waals surface area contributed by atoms with Gasteiger partial charge >= 0.3 is 5.97 Å². The van der Waals surface area contributed by atoms with E-state index in [1.165, 1.54) is 11.3 Å². The molecule has 5 heteroatoms. The summed E-state index contributed by atoms with van der Waals surface area (Å²) in [5, 5.41) is 9.04. The highest BCUT2D eigenvalue weighted by atomic mass is 32.1. The molecule has 0 saturated carbocycles. The number of carbonyl (C=O) groups is 2. The van der Waals surface area contributed by atoms with E-state index in [1.54, 1.807) is 11.0 Å². The number of rotatable bonds is 3. The predicted molar refractivity (Wildman–Crippen MR) is 80.9 cm³/mol.